The van der Waals surface area contributed by atoms with Gasteiger partial charge in [0, 0.05) is 25.1 Å². The van der Waals surface area contributed by atoms with Crippen LogP contribution in [0.2, 0.25) is 0 Å². The molecule has 0 aromatic carbocycles. The number of amides is 3. The van der Waals surface area contributed by atoms with Crippen molar-refractivity contribution >= 4 is 77.5 Å². The van der Waals surface area contributed by atoms with E-state index in [2.05, 4.69) is 33.9 Å². The highest BCUT2D eigenvalue weighted by Crippen LogP contribution is 2.02. The molecule has 0 fully saturated rings. The van der Waals surface area contributed by atoms with E-state index in [1.165, 1.54) is 0 Å². The second-order valence-electron chi connectivity index (χ2n) is 8.52. The van der Waals surface area contributed by atoms with E-state index in [1.807, 2.05) is 5.32 Å². The molecule has 3 amide bonds. The normalized spacial score (nSPS) is 14.0. The fourth-order valence-corrected chi connectivity index (χ4v) is 3.47. The molecule has 19 nitrogen and oxygen atoms in total. The Hall–Kier alpha value is -4.24. The lowest BCUT2D eigenvalue weighted by atomic mass is 10.1. The largest absolute Gasteiger partial charge is 0.481 e. The number of hydrogen-bond donors (Lipinski definition) is 12. The van der Waals surface area contributed by atoms with Crippen molar-refractivity contribution in [1.29, 1.82) is 0 Å². The molecule has 0 heterocycles. The first-order chi connectivity index (χ1) is 19.5. The molecule has 42 heavy (non-hydrogen) atoms. The Kier molecular flexibility index (Phi) is 17.1. The van der Waals surface area contributed by atoms with Crippen LogP contribution in [0.1, 0.15) is 32.1 Å². The smallest absolute Gasteiger partial charge is 0.327 e. The summed E-state index contributed by atoms with van der Waals surface area (Å²) in [5.41, 5.74) is 5.68. The minimum Gasteiger partial charge on any atom is -0.481 e. The number of rotatable bonds is 20. The molecule has 0 unspecified atom stereocenters. The van der Waals surface area contributed by atoms with Crippen LogP contribution in [-0.2, 0) is 38.4 Å². The number of thiol groups is 1. The highest BCUT2D eigenvalue weighted by atomic mass is 32.1. The summed E-state index contributed by atoms with van der Waals surface area (Å²) in [7, 11) is 0. The SMILES string of the molecule is N[C@@H](CNC(=O)CC[C@H](NC(=S)N[C@@H](CCC(=O)O)C(=O)O)C(=O)O)C(=O)N[C@@H](CC(=O)O)C(=O)N[C@@H](CS)C(=O)O. The van der Waals surface area contributed by atoms with Crippen molar-refractivity contribution in [1.82, 2.24) is 26.6 Å². The summed E-state index contributed by atoms with van der Waals surface area (Å²) in [6.07, 6.45) is -2.56. The van der Waals surface area contributed by atoms with Gasteiger partial charge >= 0.3 is 29.8 Å². The molecular formula is C21H32N6O13S2. The van der Waals surface area contributed by atoms with Crippen molar-refractivity contribution in [2.75, 3.05) is 12.3 Å². The van der Waals surface area contributed by atoms with Crippen LogP contribution in [0.5, 0.6) is 0 Å². The van der Waals surface area contributed by atoms with Gasteiger partial charge < -0.3 is 57.9 Å². The van der Waals surface area contributed by atoms with Crippen LogP contribution < -0.4 is 32.3 Å². The molecule has 0 spiro atoms. The molecular weight excluding hydrogens is 608 g/mol. The van der Waals surface area contributed by atoms with Crippen LogP contribution in [0.25, 0.3) is 0 Å². The fourth-order valence-electron chi connectivity index (χ4n) is 2.94. The van der Waals surface area contributed by atoms with Gasteiger partial charge in [0.1, 0.15) is 30.2 Å². The quantitative estimate of drug-likeness (QED) is 0.0444. The van der Waals surface area contributed by atoms with Gasteiger partial charge in [0.05, 0.1) is 6.42 Å². The Morgan fingerprint density at radius 3 is 1.57 bits per heavy atom. The third-order valence-electron chi connectivity index (χ3n) is 5.18. The maximum absolute atomic E-state index is 12.4. The van der Waals surface area contributed by atoms with E-state index in [1.54, 1.807) is 0 Å². The van der Waals surface area contributed by atoms with Crippen molar-refractivity contribution < 1.29 is 63.9 Å². The lowest BCUT2D eigenvalue weighted by molar-refractivity contribution is -0.143. The van der Waals surface area contributed by atoms with Crippen LogP contribution >= 0.6 is 24.8 Å². The molecule has 0 bridgehead atoms. The first-order valence-corrected chi connectivity index (χ1v) is 12.9. The third kappa shape index (κ3) is 15.5. The molecule has 0 aliphatic heterocycles. The second kappa shape index (κ2) is 19.0. The summed E-state index contributed by atoms with van der Waals surface area (Å²) in [4.78, 5) is 92.5. The van der Waals surface area contributed by atoms with Crippen LogP contribution in [0.15, 0.2) is 0 Å². The Morgan fingerprint density at radius 1 is 0.667 bits per heavy atom. The molecule has 0 aliphatic rings. The molecule has 0 aromatic rings. The first kappa shape index (κ1) is 37.8. The van der Waals surface area contributed by atoms with E-state index in [9.17, 15) is 43.5 Å². The van der Waals surface area contributed by atoms with Gasteiger partial charge in [-0.3, -0.25) is 24.0 Å². The molecule has 0 aliphatic carbocycles. The monoisotopic (exact) mass is 640 g/mol. The molecule has 0 saturated heterocycles. The zero-order chi connectivity index (χ0) is 32.6. The van der Waals surface area contributed by atoms with Gasteiger partial charge in [0.25, 0.3) is 0 Å². The van der Waals surface area contributed by atoms with E-state index < -0.39 is 109 Å². The lowest BCUT2D eigenvalue weighted by Crippen LogP contribution is -2.57. The van der Waals surface area contributed by atoms with Crippen molar-refractivity contribution in [2.45, 2.75) is 62.3 Å². The first-order valence-electron chi connectivity index (χ1n) is 11.9. The number of hydrogen-bond acceptors (Lipinski definition) is 11. The Bertz CT molecular complexity index is 1060. The van der Waals surface area contributed by atoms with Crippen LogP contribution in [-0.4, -0.2) is 121 Å². The summed E-state index contributed by atoms with van der Waals surface area (Å²) in [5, 5.41) is 55.8. The number of carbonyl (C=O) groups excluding carboxylic acids is 3. The van der Waals surface area contributed by atoms with E-state index in [0.717, 1.165) is 0 Å². The maximum atomic E-state index is 12.4. The molecule has 236 valence electrons. The molecule has 12 N–H and O–H groups in total. The second-order valence-corrected chi connectivity index (χ2v) is 9.30. The van der Waals surface area contributed by atoms with Gasteiger partial charge in [-0.25, -0.2) is 14.4 Å². The summed E-state index contributed by atoms with van der Waals surface area (Å²) < 4.78 is 0. The van der Waals surface area contributed by atoms with Gasteiger partial charge in [0.2, 0.25) is 17.7 Å². The number of carboxylic acids is 5. The summed E-state index contributed by atoms with van der Waals surface area (Å²) >= 11 is 8.65. The van der Waals surface area contributed by atoms with Crippen molar-refractivity contribution in [3.8, 4) is 0 Å². The molecule has 0 rings (SSSR count). The summed E-state index contributed by atoms with van der Waals surface area (Å²) in [6, 6.07) is -7.56. The number of carbonyl (C=O) groups is 8. The zero-order valence-corrected chi connectivity index (χ0v) is 23.5. The van der Waals surface area contributed by atoms with E-state index in [0.29, 0.717) is 0 Å². The van der Waals surface area contributed by atoms with Crippen LogP contribution in [0, 0.1) is 0 Å². The number of thiocarbonyl (C=S) groups is 1. The molecule has 21 heteroatoms. The number of nitrogens with one attached hydrogen (secondary N) is 5. The zero-order valence-electron chi connectivity index (χ0n) is 21.8. The minimum atomic E-state index is -1.71. The lowest BCUT2D eigenvalue weighted by Gasteiger charge is -2.22. The van der Waals surface area contributed by atoms with Gasteiger partial charge in [-0.2, -0.15) is 12.6 Å². The Morgan fingerprint density at radius 2 is 1.14 bits per heavy atom. The van der Waals surface area contributed by atoms with Crippen molar-refractivity contribution in [2.24, 2.45) is 5.73 Å². The molecule has 0 saturated carbocycles. The van der Waals surface area contributed by atoms with Gasteiger partial charge in [0.15, 0.2) is 5.11 Å². The van der Waals surface area contributed by atoms with Gasteiger partial charge in [-0.05, 0) is 25.1 Å². The minimum absolute atomic E-state index is 0.323. The van der Waals surface area contributed by atoms with Crippen LogP contribution in [0.3, 0.4) is 0 Å². The molecule has 0 radical (unpaired) electrons. The Balaban J connectivity index is 4.95. The van der Waals surface area contributed by atoms with E-state index in [-0.39, 0.29) is 18.6 Å². The fraction of sp³-hybridized carbons (Fsp3) is 0.571. The van der Waals surface area contributed by atoms with Gasteiger partial charge in [-0.1, -0.05) is 0 Å². The highest BCUT2D eigenvalue weighted by Gasteiger charge is 2.29. The summed E-state index contributed by atoms with van der Waals surface area (Å²) in [6.45, 7) is -0.518. The predicted molar refractivity (Wildman–Crippen MR) is 146 cm³/mol. The van der Waals surface area contributed by atoms with E-state index in [4.69, 9.17) is 38.4 Å². The average molecular weight is 641 g/mol. The number of nitrogens with two attached hydrogens (primary N) is 1. The van der Waals surface area contributed by atoms with Crippen molar-refractivity contribution in [3.05, 3.63) is 0 Å². The molecule has 0 aromatic heterocycles. The van der Waals surface area contributed by atoms with Crippen LogP contribution in [0.4, 0.5) is 0 Å². The maximum Gasteiger partial charge on any atom is 0.327 e. The highest BCUT2D eigenvalue weighted by molar-refractivity contribution is 7.80. The molecule has 5 atom stereocenters. The number of aliphatic carboxylic acids is 5. The summed E-state index contributed by atoms with van der Waals surface area (Å²) in [5.74, 6) is -10.4. The standard InChI is InChI=1S/C21H32N6O13S2/c22-8(16(33)24-11(5-15(31)32)17(34)25-12(7-41)20(39)40)6-23-13(28)3-1-9(18(35)36)26-21(42)27-10(19(37)38)2-4-14(29)30/h8-12,41H,1-7,22H2,(H,23,28)(H,24,33)(H,25,34)(H,29,30)(H,31,32)(H,35,36)(H,37,38)(H,39,40)(H2,26,27,42)/t8-,9-,10-,11-,12-/m0/s1. The van der Waals surface area contributed by atoms with Crippen molar-refractivity contribution in [3.63, 3.8) is 0 Å². The average Bonchev–Trinajstić information content (AvgIpc) is 2.88. The predicted octanol–water partition coefficient (Wildman–Crippen LogP) is -4.10. The van der Waals surface area contributed by atoms with E-state index >= 15 is 0 Å². The number of carboxylic acid groups (broad SMARTS) is 5. The topological polar surface area (TPSA) is 324 Å². The third-order valence-corrected chi connectivity index (χ3v) is 5.78. The Labute approximate surface area is 248 Å². The van der Waals surface area contributed by atoms with Gasteiger partial charge in [-0.15, -0.1) is 0 Å².